The lowest BCUT2D eigenvalue weighted by Crippen LogP contribution is -2.47. The lowest BCUT2D eigenvalue weighted by molar-refractivity contribution is -0.200. The quantitative estimate of drug-likeness (QED) is 0.200. The summed E-state index contributed by atoms with van der Waals surface area (Å²) in [5.74, 6) is 0.547. The number of ether oxygens (including phenoxy) is 2. The largest absolute Gasteiger partial charge is 0.488 e. The highest BCUT2D eigenvalue weighted by atomic mass is 16.8. The van der Waals surface area contributed by atoms with Crippen LogP contribution in [-0.4, -0.2) is 61.4 Å². The summed E-state index contributed by atoms with van der Waals surface area (Å²) in [7, 11) is 0. The molecule has 218 valence electrons. The zero-order chi connectivity index (χ0) is 28.2. The maximum atomic E-state index is 13.4. The van der Waals surface area contributed by atoms with Crippen molar-refractivity contribution in [3.8, 4) is 5.75 Å². The first-order chi connectivity index (χ1) is 19.5. The second-order valence-corrected chi connectivity index (χ2v) is 11.1. The van der Waals surface area contributed by atoms with Crippen LogP contribution in [-0.2, 0) is 19.2 Å². The number of amides is 2. The number of unbranched alkanes of at least 4 members (excludes halogenated alkanes) is 2. The molecule has 1 unspecified atom stereocenters. The number of carbonyl (C=O) groups is 2. The fourth-order valence-electron chi connectivity index (χ4n) is 5.23. The van der Waals surface area contributed by atoms with E-state index in [-0.39, 0.29) is 30.8 Å². The van der Waals surface area contributed by atoms with Crippen molar-refractivity contribution in [1.82, 2.24) is 15.7 Å². The van der Waals surface area contributed by atoms with Gasteiger partial charge in [-0.05, 0) is 70.2 Å². The number of piperidine rings is 1. The number of likely N-dealkylation sites (tertiary alicyclic amines) is 1. The van der Waals surface area contributed by atoms with Crippen LogP contribution >= 0.6 is 0 Å². The van der Waals surface area contributed by atoms with Crippen LogP contribution in [0.5, 0.6) is 5.75 Å². The van der Waals surface area contributed by atoms with Gasteiger partial charge in [-0.15, -0.1) is 0 Å². The molecule has 0 radical (unpaired) electrons. The van der Waals surface area contributed by atoms with Crippen LogP contribution in [0, 0.1) is 0 Å². The minimum absolute atomic E-state index is 0.0677. The van der Waals surface area contributed by atoms with Crippen LogP contribution in [0.3, 0.4) is 0 Å². The highest BCUT2D eigenvalue weighted by Gasteiger charge is 2.23. The molecule has 0 spiro atoms. The Bertz CT molecular complexity index is 1120. The summed E-state index contributed by atoms with van der Waals surface area (Å²) in [6.07, 6.45) is 8.93. The van der Waals surface area contributed by atoms with Gasteiger partial charge >= 0.3 is 0 Å². The molecule has 0 saturated carbocycles. The van der Waals surface area contributed by atoms with Crippen molar-refractivity contribution in [1.29, 1.82) is 0 Å². The summed E-state index contributed by atoms with van der Waals surface area (Å²) >= 11 is 0. The standard InChI is InChI=1S/C32H45N3O5/c1-24(2)35-20-18-27(19-21-35)33-32(37)26(23-39-29-15-10-13-25-11-6-7-14-28(25)29)12-4-3-5-16-30(36)34-40-31-17-8-9-22-38-31/h6-7,10-15,24,27,31H,3-5,8-9,16-23H2,1-2H3,(H,33,37)(H,34,36). The molecule has 2 aromatic rings. The highest BCUT2D eigenvalue weighted by molar-refractivity contribution is 5.94. The fourth-order valence-corrected chi connectivity index (χ4v) is 5.23. The molecule has 2 aliphatic heterocycles. The Morgan fingerprint density at radius 2 is 1.85 bits per heavy atom. The molecular weight excluding hydrogens is 506 g/mol. The van der Waals surface area contributed by atoms with Crippen molar-refractivity contribution in [2.24, 2.45) is 0 Å². The van der Waals surface area contributed by atoms with E-state index in [1.807, 2.05) is 36.4 Å². The lowest BCUT2D eigenvalue weighted by atomic mass is 10.0. The third-order valence-corrected chi connectivity index (χ3v) is 7.71. The fraction of sp³-hybridized carbons (Fsp3) is 0.562. The van der Waals surface area contributed by atoms with Gasteiger partial charge in [-0.3, -0.25) is 9.59 Å². The van der Waals surface area contributed by atoms with E-state index in [4.69, 9.17) is 14.3 Å². The smallest absolute Gasteiger partial charge is 0.250 e. The van der Waals surface area contributed by atoms with E-state index in [1.165, 1.54) is 0 Å². The number of hydrogen-bond acceptors (Lipinski definition) is 6. The first kappa shape index (κ1) is 30.0. The number of carbonyl (C=O) groups excluding carboxylic acids is 2. The number of allylic oxidation sites excluding steroid dienone is 1. The van der Waals surface area contributed by atoms with Crippen LogP contribution in [0.15, 0.2) is 54.1 Å². The zero-order valence-electron chi connectivity index (χ0n) is 24.0. The van der Waals surface area contributed by atoms with Gasteiger partial charge in [0.25, 0.3) is 5.91 Å². The van der Waals surface area contributed by atoms with E-state index in [0.717, 1.165) is 68.1 Å². The zero-order valence-corrected chi connectivity index (χ0v) is 24.0. The van der Waals surface area contributed by atoms with Crippen molar-refractivity contribution in [3.63, 3.8) is 0 Å². The van der Waals surface area contributed by atoms with Crippen molar-refractivity contribution in [2.75, 3.05) is 26.3 Å². The van der Waals surface area contributed by atoms with Crippen molar-refractivity contribution < 1.29 is 23.9 Å². The summed E-state index contributed by atoms with van der Waals surface area (Å²) in [5, 5.41) is 5.38. The summed E-state index contributed by atoms with van der Waals surface area (Å²) in [6.45, 7) is 7.28. The Morgan fingerprint density at radius 3 is 2.62 bits per heavy atom. The molecule has 2 N–H and O–H groups in total. The van der Waals surface area contributed by atoms with Gasteiger partial charge < -0.3 is 19.7 Å². The van der Waals surface area contributed by atoms with E-state index in [9.17, 15) is 9.59 Å². The van der Waals surface area contributed by atoms with E-state index >= 15 is 0 Å². The normalized spacial score (nSPS) is 19.1. The summed E-state index contributed by atoms with van der Waals surface area (Å²) in [6, 6.07) is 14.7. The monoisotopic (exact) mass is 551 g/mol. The average molecular weight is 552 g/mol. The molecule has 1 atom stereocenters. The predicted octanol–water partition coefficient (Wildman–Crippen LogP) is 5.27. The van der Waals surface area contributed by atoms with E-state index in [1.54, 1.807) is 0 Å². The SMILES string of the molecule is CC(C)N1CCC(NC(=O)C(=CCCCCC(=O)NOC2CCCCO2)COc2cccc3ccccc23)CC1. The number of nitrogens with zero attached hydrogens (tertiary/aromatic N) is 1. The lowest BCUT2D eigenvalue weighted by Gasteiger charge is -2.35. The van der Waals surface area contributed by atoms with Gasteiger partial charge in [0.1, 0.15) is 12.4 Å². The molecule has 2 fully saturated rings. The molecule has 2 heterocycles. The van der Waals surface area contributed by atoms with Crippen LogP contribution in [0.25, 0.3) is 10.8 Å². The topological polar surface area (TPSA) is 89.1 Å². The Labute approximate surface area is 238 Å². The summed E-state index contributed by atoms with van der Waals surface area (Å²) in [4.78, 5) is 33.3. The Morgan fingerprint density at radius 1 is 1.05 bits per heavy atom. The van der Waals surface area contributed by atoms with E-state index in [0.29, 0.717) is 37.5 Å². The summed E-state index contributed by atoms with van der Waals surface area (Å²) < 4.78 is 11.7. The molecule has 2 saturated heterocycles. The molecule has 2 amide bonds. The van der Waals surface area contributed by atoms with E-state index in [2.05, 4.69) is 41.7 Å². The first-order valence-corrected chi connectivity index (χ1v) is 14.9. The van der Waals surface area contributed by atoms with Gasteiger partial charge in [0.05, 0.1) is 5.57 Å². The second kappa shape index (κ2) is 15.7. The van der Waals surface area contributed by atoms with Gasteiger partial charge in [-0.2, -0.15) is 0 Å². The molecule has 0 aliphatic carbocycles. The Hall–Kier alpha value is -2.94. The Kier molecular flexibility index (Phi) is 11.8. The molecule has 40 heavy (non-hydrogen) atoms. The van der Waals surface area contributed by atoms with Gasteiger partial charge in [-0.25, -0.2) is 10.3 Å². The molecular formula is C32H45N3O5. The van der Waals surface area contributed by atoms with Gasteiger partial charge in [0.2, 0.25) is 5.91 Å². The van der Waals surface area contributed by atoms with Crippen molar-refractivity contribution in [2.45, 2.75) is 90.0 Å². The number of fused-ring (bicyclic) bond motifs is 1. The number of rotatable bonds is 13. The third kappa shape index (κ3) is 9.32. The number of hydroxylamine groups is 1. The molecule has 2 aliphatic rings. The molecule has 0 bridgehead atoms. The molecule has 0 aromatic heterocycles. The summed E-state index contributed by atoms with van der Waals surface area (Å²) in [5.41, 5.74) is 3.14. The van der Waals surface area contributed by atoms with E-state index < -0.39 is 0 Å². The minimum atomic E-state index is -0.346. The van der Waals surface area contributed by atoms with Gasteiger partial charge in [0, 0.05) is 50.0 Å². The number of hydrogen-bond donors (Lipinski definition) is 2. The average Bonchev–Trinajstić information content (AvgIpc) is 2.98. The van der Waals surface area contributed by atoms with Crippen LogP contribution in [0.2, 0.25) is 0 Å². The van der Waals surface area contributed by atoms with Crippen LogP contribution in [0.4, 0.5) is 0 Å². The number of nitrogens with one attached hydrogen (secondary N) is 2. The molecule has 8 heteroatoms. The molecule has 8 nitrogen and oxygen atoms in total. The second-order valence-electron chi connectivity index (χ2n) is 11.1. The maximum Gasteiger partial charge on any atom is 0.250 e. The van der Waals surface area contributed by atoms with Crippen molar-refractivity contribution >= 4 is 22.6 Å². The van der Waals surface area contributed by atoms with Crippen LogP contribution < -0.4 is 15.5 Å². The van der Waals surface area contributed by atoms with Gasteiger partial charge in [0.15, 0.2) is 6.29 Å². The first-order valence-electron chi connectivity index (χ1n) is 14.9. The number of benzene rings is 2. The Balaban J connectivity index is 1.29. The molecule has 2 aromatic carbocycles. The van der Waals surface area contributed by atoms with Crippen LogP contribution in [0.1, 0.15) is 71.6 Å². The maximum absolute atomic E-state index is 13.4. The van der Waals surface area contributed by atoms with Gasteiger partial charge in [-0.1, -0.05) is 42.5 Å². The minimum Gasteiger partial charge on any atom is -0.488 e. The molecule has 4 rings (SSSR count). The predicted molar refractivity (Wildman–Crippen MR) is 157 cm³/mol. The van der Waals surface area contributed by atoms with Crippen molar-refractivity contribution in [3.05, 3.63) is 54.1 Å². The highest BCUT2D eigenvalue weighted by Crippen LogP contribution is 2.26. The third-order valence-electron chi connectivity index (χ3n) is 7.71.